The largest absolute Gasteiger partial charge is 0.496 e. The summed E-state index contributed by atoms with van der Waals surface area (Å²) in [6, 6.07) is 9.13. The molecular weight excluding hydrogens is 236 g/mol. The number of nitrogens with zero attached hydrogens (tertiary/aromatic N) is 1. The Balaban J connectivity index is 2.88. The molecule has 108 valence electrons. The number of rotatable bonds is 8. The fraction of sp³-hybridized carbons (Fsp3) is 0.625. The van der Waals surface area contributed by atoms with Crippen molar-refractivity contribution in [2.24, 2.45) is 0 Å². The van der Waals surface area contributed by atoms with Gasteiger partial charge in [0.25, 0.3) is 0 Å². The van der Waals surface area contributed by atoms with Crippen molar-refractivity contribution in [2.75, 3.05) is 27.2 Å². The van der Waals surface area contributed by atoms with Crippen LogP contribution >= 0.6 is 0 Å². The van der Waals surface area contributed by atoms with Crippen molar-refractivity contribution in [3.8, 4) is 5.75 Å². The summed E-state index contributed by atoms with van der Waals surface area (Å²) in [5.74, 6) is 0.966. The highest BCUT2D eigenvalue weighted by atomic mass is 16.5. The number of likely N-dealkylation sites (N-methyl/N-ethyl adjacent to an activating group) is 1. The van der Waals surface area contributed by atoms with E-state index in [1.807, 2.05) is 12.1 Å². The monoisotopic (exact) mass is 264 g/mol. The summed E-state index contributed by atoms with van der Waals surface area (Å²) < 4.78 is 5.49. The van der Waals surface area contributed by atoms with Gasteiger partial charge in [0, 0.05) is 24.2 Å². The molecule has 0 saturated heterocycles. The first-order chi connectivity index (χ1) is 9.10. The molecule has 1 aromatic rings. The molecule has 0 aliphatic heterocycles. The number of benzene rings is 1. The van der Waals surface area contributed by atoms with Crippen molar-refractivity contribution >= 4 is 0 Å². The van der Waals surface area contributed by atoms with Gasteiger partial charge in [0.15, 0.2) is 0 Å². The molecule has 0 amide bonds. The summed E-state index contributed by atoms with van der Waals surface area (Å²) in [5, 5.41) is 3.62. The Morgan fingerprint density at radius 3 is 2.53 bits per heavy atom. The quantitative estimate of drug-likeness (QED) is 0.781. The predicted molar refractivity (Wildman–Crippen MR) is 81.8 cm³/mol. The maximum Gasteiger partial charge on any atom is 0.123 e. The van der Waals surface area contributed by atoms with E-state index in [1.54, 1.807) is 7.11 Å². The van der Waals surface area contributed by atoms with E-state index in [9.17, 15) is 0 Å². The molecule has 1 unspecified atom stereocenters. The zero-order valence-corrected chi connectivity index (χ0v) is 12.9. The Labute approximate surface area is 118 Å². The number of para-hydroxylation sites is 1. The van der Waals surface area contributed by atoms with Crippen molar-refractivity contribution < 1.29 is 4.74 Å². The number of hydrogen-bond donors (Lipinski definition) is 1. The third-order valence-corrected chi connectivity index (χ3v) is 3.51. The lowest BCUT2D eigenvalue weighted by Crippen LogP contribution is -2.37. The highest BCUT2D eigenvalue weighted by molar-refractivity contribution is 5.36. The van der Waals surface area contributed by atoms with Crippen LogP contribution < -0.4 is 10.1 Å². The second-order valence-corrected chi connectivity index (χ2v) is 5.28. The van der Waals surface area contributed by atoms with Gasteiger partial charge in [-0.15, -0.1) is 0 Å². The maximum absolute atomic E-state index is 5.49. The van der Waals surface area contributed by atoms with Gasteiger partial charge in [-0.2, -0.15) is 0 Å². The van der Waals surface area contributed by atoms with Crippen LogP contribution in [0.25, 0.3) is 0 Å². The van der Waals surface area contributed by atoms with Gasteiger partial charge in [0.1, 0.15) is 5.75 Å². The highest BCUT2D eigenvalue weighted by Gasteiger charge is 2.18. The van der Waals surface area contributed by atoms with Crippen molar-refractivity contribution in [3.63, 3.8) is 0 Å². The number of ether oxygens (including phenoxy) is 1. The lowest BCUT2D eigenvalue weighted by atomic mass is 10.0. The van der Waals surface area contributed by atoms with Crippen LogP contribution in [0.15, 0.2) is 24.3 Å². The SMILES string of the molecule is CCCNC(CN(C)C(C)C)c1ccccc1OC. The lowest BCUT2D eigenvalue weighted by molar-refractivity contribution is 0.240. The van der Waals surface area contributed by atoms with E-state index in [0.29, 0.717) is 12.1 Å². The van der Waals surface area contributed by atoms with E-state index in [4.69, 9.17) is 4.74 Å². The molecule has 1 N–H and O–H groups in total. The molecule has 19 heavy (non-hydrogen) atoms. The van der Waals surface area contributed by atoms with Crippen molar-refractivity contribution in [1.29, 1.82) is 0 Å². The smallest absolute Gasteiger partial charge is 0.123 e. The second-order valence-electron chi connectivity index (χ2n) is 5.28. The summed E-state index contributed by atoms with van der Waals surface area (Å²) in [6.45, 7) is 8.64. The molecular formula is C16H28N2O. The molecule has 0 aliphatic rings. The van der Waals surface area contributed by atoms with Gasteiger partial charge in [0.2, 0.25) is 0 Å². The van der Waals surface area contributed by atoms with Crippen LogP contribution in [-0.4, -0.2) is 38.2 Å². The average Bonchev–Trinajstić information content (AvgIpc) is 2.43. The number of hydrogen-bond acceptors (Lipinski definition) is 3. The first kappa shape index (κ1) is 16.0. The van der Waals surface area contributed by atoms with E-state index in [2.05, 4.69) is 50.2 Å². The van der Waals surface area contributed by atoms with E-state index in [0.717, 1.165) is 25.3 Å². The van der Waals surface area contributed by atoms with Gasteiger partial charge in [-0.3, -0.25) is 0 Å². The molecule has 3 heteroatoms. The van der Waals surface area contributed by atoms with Gasteiger partial charge in [-0.25, -0.2) is 0 Å². The maximum atomic E-state index is 5.49. The van der Waals surface area contributed by atoms with Crippen molar-refractivity contribution in [2.45, 2.75) is 39.3 Å². The number of nitrogens with one attached hydrogen (secondary N) is 1. The summed E-state index contributed by atoms with van der Waals surface area (Å²) in [7, 11) is 3.91. The van der Waals surface area contributed by atoms with Crippen LogP contribution in [0.5, 0.6) is 5.75 Å². The Bertz CT molecular complexity index is 366. The molecule has 1 atom stereocenters. The van der Waals surface area contributed by atoms with Crippen LogP contribution in [0.2, 0.25) is 0 Å². The number of methoxy groups -OCH3 is 1. The average molecular weight is 264 g/mol. The van der Waals surface area contributed by atoms with Crippen LogP contribution in [0.4, 0.5) is 0 Å². The van der Waals surface area contributed by atoms with E-state index >= 15 is 0 Å². The van der Waals surface area contributed by atoms with Crippen molar-refractivity contribution in [3.05, 3.63) is 29.8 Å². The predicted octanol–water partition coefficient (Wildman–Crippen LogP) is 3.08. The zero-order valence-electron chi connectivity index (χ0n) is 12.9. The van der Waals surface area contributed by atoms with Crippen molar-refractivity contribution in [1.82, 2.24) is 10.2 Å². The topological polar surface area (TPSA) is 24.5 Å². The molecule has 0 spiro atoms. The lowest BCUT2D eigenvalue weighted by Gasteiger charge is -2.29. The van der Waals surface area contributed by atoms with Gasteiger partial charge >= 0.3 is 0 Å². The van der Waals surface area contributed by atoms with Crippen LogP contribution in [0, 0.1) is 0 Å². The van der Waals surface area contributed by atoms with Gasteiger partial charge in [0.05, 0.1) is 7.11 Å². The van der Waals surface area contributed by atoms with Crippen LogP contribution in [-0.2, 0) is 0 Å². The van der Waals surface area contributed by atoms with E-state index in [1.165, 1.54) is 5.56 Å². The molecule has 0 aliphatic carbocycles. The molecule has 0 radical (unpaired) electrons. The second kappa shape index (κ2) is 8.18. The third kappa shape index (κ3) is 4.84. The standard InChI is InChI=1S/C16H28N2O/c1-6-11-17-15(12-18(4)13(2)3)14-9-7-8-10-16(14)19-5/h7-10,13,15,17H,6,11-12H2,1-5H3. The Morgan fingerprint density at radius 2 is 1.95 bits per heavy atom. The normalized spacial score (nSPS) is 13.0. The molecule has 0 aromatic heterocycles. The minimum atomic E-state index is 0.309. The molecule has 0 fully saturated rings. The molecule has 3 nitrogen and oxygen atoms in total. The summed E-state index contributed by atoms with van der Waals surface area (Å²) in [4.78, 5) is 2.36. The first-order valence-electron chi connectivity index (χ1n) is 7.16. The molecule has 0 saturated carbocycles. The van der Waals surface area contributed by atoms with E-state index < -0.39 is 0 Å². The summed E-state index contributed by atoms with van der Waals surface area (Å²) in [5.41, 5.74) is 1.24. The van der Waals surface area contributed by atoms with Crippen LogP contribution in [0.1, 0.15) is 38.8 Å². The Hall–Kier alpha value is -1.06. The van der Waals surface area contributed by atoms with E-state index in [-0.39, 0.29) is 0 Å². The Morgan fingerprint density at radius 1 is 1.26 bits per heavy atom. The highest BCUT2D eigenvalue weighted by Crippen LogP contribution is 2.25. The first-order valence-corrected chi connectivity index (χ1v) is 7.16. The minimum Gasteiger partial charge on any atom is -0.496 e. The zero-order chi connectivity index (χ0) is 14.3. The van der Waals surface area contributed by atoms with Gasteiger partial charge in [-0.05, 0) is 39.9 Å². The summed E-state index contributed by atoms with van der Waals surface area (Å²) in [6.07, 6.45) is 1.14. The molecule has 0 heterocycles. The minimum absolute atomic E-state index is 0.309. The fourth-order valence-corrected chi connectivity index (χ4v) is 2.04. The summed E-state index contributed by atoms with van der Waals surface area (Å²) >= 11 is 0. The van der Waals surface area contributed by atoms with Gasteiger partial charge < -0.3 is 15.0 Å². The van der Waals surface area contributed by atoms with Gasteiger partial charge in [-0.1, -0.05) is 25.1 Å². The Kier molecular flexibility index (Phi) is 6.89. The molecule has 1 rings (SSSR count). The van der Waals surface area contributed by atoms with Crippen LogP contribution in [0.3, 0.4) is 0 Å². The third-order valence-electron chi connectivity index (χ3n) is 3.51. The molecule has 0 bridgehead atoms. The fourth-order valence-electron chi connectivity index (χ4n) is 2.04. The molecule has 1 aromatic carbocycles.